The topological polar surface area (TPSA) is 174 Å². The molecule has 12 heteroatoms. The van der Waals surface area contributed by atoms with Crippen molar-refractivity contribution >= 4 is 28.8 Å². The molecule has 2 heterocycles. The average Bonchev–Trinajstić information content (AvgIpc) is 3.27. The zero-order valence-electron chi connectivity index (χ0n) is 23.1. The number of ether oxygens (including phenoxy) is 3. The fourth-order valence-corrected chi connectivity index (χ4v) is 3.64. The Morgan fingerprint density at radius 1 is 1.07 bits per heavy atom. The number of carbonyl (C=O) groups excluding carboxylic acids is 1. The number of esters is 1. The number of fused-ring (bicyclic) bond motifs is 1. The predicted molar refractivity (Wildman–Crippen MR) is 149 cm³/mol. The van der Waals surface area contributed by atoms with Crippen molar-refractivity contribution in [2.45, 2.75) is 52.7 Å². The van der Waals surface area contributed by atoms with Gasteiger partial charge in [-0.15, -0.1) is 0 Å². The van der Waals surface area contributed by atoms with Crippen LogP contribution in [0.4, 0.5) is 5.69 Å². The summed E-state index contributed by atoms with van der Waals surface area (Å²) in [5, 5.41) is 19.6. The van der Waals surface area contributed by atoms with E-state index in [2.05, 4.69) is 26.3 Å². The summed E-state index contributed by atoms with van der Waals surface area (Å²) in [4.78, 5) is 26.5. The van der Waals surface area contributed by atoms with Gasteiger partial charge in [0.05, 0.1) is 18.0 Å². The molecular weight excluding hydrogens is 512 g/mol. The van der Waals surface area contributed by atoms with Gasteiger partial charge in [0.25, 0.3) is 5.88 Å². The first-order chi connectivity index (χ1) is 18.7. The van der Waals surface area contributed by atoms with Crippen LogP contribution in [0, 0.1) is 16.7 Å². The molecular formula is C28H30N8O4. The third kappa shape index (κ3) is 6.44. The highest BCUT2D eigenvalue weighted by Crippen LogP contribution is 2.34. The lowest BCUT2D eigenvalue weighted by Crippen LogP contribution is -2.24. The van der Waals surface area contributed by atoms with Crippen molar-refractivity contribution in [2.24, 2.45) is 5.73 Å². The zero-order valence-corrected chi connectivity index (χ0v) is 23.1. The quantitative estimate of drug-likeness (QED) is 0.165. The largest absolute Gasteiger partial charge is 0.456 e. The smallest absolute Gasteiger partial charge is 0.342 e. The van der Waals surface area contributed by atoms with Crippen LogP contribution in [0.2, 0.25) is 0 Å². The number of nitrogens with one attached hydrogen (secondary N) is 2. The van der Waals surface area contributed by atoms with Crippen LogP contribution in [-0.4, -0.2) is 37.0 Å². The number of nitriles is 1. The van der Waals surface area contributed by atoms with Crippen LogP contribution in [0.1, 0.15) is 57.5 Å². The van der Waals surface area contributed by atoms with Crippen LogP contribution in [0.3, 0.4) is 0 Å². The van der Waals surface area contributed by atoms with Gasteiger partial charge in [-0.2, -0.15) is 15.2 Å². The lowest BCUT2D eigenvalue weighted by Gasteiger charge is -2.21. The van der Waals surface area contributed by atoms with Crippen LogP contribution >= 0.6 is 0 Å². The minimum atomic E-state index is -0.747. The molecule has 0 amide bonds. The van der Waals surface area contributed by atoms with Gasteiger partial charge < -0.3 is 29.8 Å². The minimum absolute atomic E-state index is 0.0147. The molecule has 4 rings (SSSR count). The Kier molecular flexibility index (Phi) is 7.33. The van der Waals surface area contributed by atoms with E-state index in [9.17, 15) is 10.1 Å². The van der Waals surface area contributed by atoms with E-state index in [4.69, 9.17) is 25.4 Å². The molecule has 12 nitrogen and oxygen atoms in total. The summed E-state index contributed by atoms with van der Waals surface area (Å²) in [5.74, 6) is -0.388. The van der Waals surface area contributed by atoms with Gasteiger partial charge in [0.15, 0.2) is 17.1 Å². The van der Waals surface area contributed by atoms with E-state index >= 15 is 0 Å². The third-order valence-corrected chi connectivity index (χ3v) is 5.32. The van der Waals surface area contributed by atoms with Gasteiger partial charge in [0, 0.05) is 17.3 Å². The van der Waals surface area contributed by atoms with Gasteiger partial charge in [-0.1, -0.05) is 6.07 Å². The predicted octanol–water partition coefficient (Wildman–Crippen LogP) is 5.30. The Labute approximate surface area is 231 Å². The highest BCUT2D eigenvalue weighted by atomic mass is 16.6. The Bertz CT molecular complexity index is 1640. The molecule has 0 spiro atoms. The van der Waals surface area contributed by atoms with E-state index in [1.165, 1.54) is 18.2 Å². The molecule has 0 atom stereocenters. The number of nitrogens with two attached hydrogens (primary N) is 1. The molecule has 0 saturated heterocycles. The van der Waals surface area contributed by atoms with E-state index in [0.29, 0.717) is 22.6 Å². The van der Waals surface area contributed by atoms with E-state index in [0.717, 1.165) is 0 Å². The molecule has 0 aliphatic rings. The van der Waals surface area contributed by atoms with Crippen molar-refractivity contribution in [1.29, 1.82) is 10.7 Å². The number of aromatic nitrogens is 4. The van der Waals surface area contributed by atoms with Crippen molar-refractivity contribution in [1.82, 2.24) is 19.5 Å². The van der Waals surface area contributed by atoms with Crippen LogP contribution < -0.4 is 20.5 Å². The molecule has 0 fully saturated rings. The number of hydrogen-bond donors (Lipinski definition) is 3. The van der Waals surface area contributed by atoms with E-state index in [1.54, 1.807) is 51.4 Å². The maximum Gasteiger partial charge on any atom is 0.342 e. The van der Waals surface area contributed by atoms with Crippen LogP contribution in [0.15, 0.2) is 48.8 Å². The Balaban J connectivity index is 1.83. The summed E-state index contributed by atoms with van der Waals surface area (Å²) in [6.45, 7) is 11.2. The average molecular weight is 543 g/mol. The van der Waals surface area contributed by atoms with Crippen molar-refractivity contribution in [3.05, 3.63) is 59.9 Å². The number of hydrogen-bond acceptors (Lipinski definition) is 9. The molecule has 0 saturated carbocycles. The van der Waals surface area contributed by atoms with Crippen LogP contribution in [0.5, 0.6) is 23.4 Å². The first-order valence-corrected chi connectivity index (χ1v) is 12.3. The molecule has 0 aliphatic heterocycles. The summed E-state index contributed by atoms with van der Waals surface area (Å²) >= 11 is 0. The first-order valence-electron chi connectivity index (χ1n) is 12.3. The number of carbonyl (C=O) groups is 1. The Morgan fingerprint density at radius 3 is 2.48 bits per heavy atom. The molecule has 4 N–H and O–H groups in total. The van der Waals surface area contributed by atoms with Gasteiger partial charge in [-0.05, 0) is 71.9 Å². The maximum atomic E-state index is 13.0. The molecule has 0 radical (unpaired) electrons. The van der Waals surface area contributed by atoms with E-state index in [1.807, 2.05) is 25.3 Å². The molecule has 2 aromatic carbocycles. The third-order valence-electron chi connectivity index (χ3n) is 5.32. The Morgan fingerprint density at radius 2 is 1.82 bits per heavy atom. The molecule has 4 aromatic rings. The summed E-state index contributed by atoms with van der Waals surface area (Å²) in [6.07, 6.45) is 1.62. The summed E-state index contributed by atoms with van der Waals surface area (Å²) in [7, 11) is 0. The summed E-state index contributed by atoms with van der Waals surface area (Å²) in [6, 6.07) is 13.2. The summed E-state index contributed by atoms with van der Waals surface area (Å²) in [5.41, 5.74) is 5.98. The van der Waals surface area contributed by atoms with Gasteiger partial charge in [0.2, 0.25) is 0 Å². The second-order valence-corrected chi connectivity index (χ2v) is 10.9. The number of benzene rings is 2. The molecule has 40 heavy (non-hydrogen) atoms. The first kappa shape index (κ1) is 27.8. The molecule has 2 aromatic heterocycles. The highest BCUT2D eigenvalue weighted by Gasteiger charge is 2.26. The molecule has 0 bridgehead atoms. The fraction of sp³-hybridized carbons (Fsp3) is 0.286. The normalized spacial score (nSPS) is 11.5. The van der Waals surface area contributed by atoms with E-state index in [-0.39, 0.29) is 34.7 Å². The number of anilines is 1. The maximum absolute atomic E-state index is 13.0. The van der Waals surface area contributed by atoms with Gasteiger partial charge in [-0.3, -0.25) is 5.41 Å². The highest BCUT2D eigenvalue weighted by molar-refractivity contribution is 5.93. The monoisotopic (exact) mass is 542 g/mol. The minimum Gasteiger partial charge on any atom is -0.456 e. The van der Waals surface area contributed by atoms with Crippen LogP contribution in [-0.2, 0) is 10.3 Å². The number of imidazole rings is 1. The number of nitrogens with zero attached hydrogens (tertiary/aromatic N) is 5. The van der Waals surface area contributed by atoms with Crippen molar-refractivity contribution < 1.29 is 19.0 Å². The lowest BCUT2D eigenvalue weighted by molar-refractivity contribution is 0.00671. The van der Waals surface area contributed by atoms with Crippen molar-refractivity contribution in [3.8, 4) is 29.5 Å². The lowest BCUT2D eigenvalue weighted by atomic mass is 10.1. The standard InChI is InChI=1S/C28H30N8O4/c1-27(2,3)36-15-32-21-22(36)34-26(38-18-9-7-8-17(13-18)33-25(30)31)35-23(21)39-20-12-16(14-29)10-11-19(20)24(37)40-28(4,5)6/h7-13,15H,1-6H3,(H4,30,31,33). The van der Waals surface area contributed by atoms with Crippen LogP contribution in [0.25, 0.3) is 11.2 Å². The number of rotatable bonds is 6. The second kappa shape index (κ2) is 10.5. The van der Waals surface area contributed by atoms with Gasteiger partial charge in [-0.25, -0.2) is 9.78 Å². The SMILES string of the molecule is CC(C)(C)OC(=O)c1ccc(C#N)cc1Oc1nc(Oc2cccc(NC(=N)N)c2)nc2c1ncn2C(C)(C)C. The number of guanidine groups is 1. The summed E-state index contributed by atoms with van der Waals surface area (Å²) < 4.78 is 19.5. The second-order valence-electron chi connectivity index (χ2n) is 10.9. The zero-order chi connectivity index (χ0) is 29.2. The van der Waals surface area contributed by atoms with E-state index < -0.39 is 17.1 Å². The van der Waals surface area contributed by atoms with Crippen molar-refractivity contribution in [3.63, 3.8) is 0 Å². The Hall–Kier alpha value is -5.18. The van der Waals surface area contributed by atoms with Gasteiger partial charge in [0.1, 0.15) is 22.7 Å². The van der Waals surface area contributed by atoms with Crippen molar-refractivity contribution in [2.75, 3.05) is 5.32 Å². The van der Waals surface area contributed by atoms with Gasteiger partial charge >= 0.3 is 12.0 Å². The molecule has 206 valence electrons. The molecule has 0 aliphatic carbocycles. The molecule has 0 unspecified atom stereocenters. The fourth-order valence-electron chi connectivity index (χ4n) is 3.64.